The van der Waals surface area contributed by atoms with Gasteiger partial charge in [0.05, 0.1) is 11.5 Å². The molecule has 1 aliphatic rings. The Morgan fingerprint density at radius 3 is 2.95 bits per heavy atom. The number of nitro groups is 1. The van der Waals surface area contributed by atoms with Gasteiger partial charge in [-0.3, -0.25) is 10.1 Å². The summed E-state index contributed by atoms with van der Waals surface area (Å²) in [5.41, 5.74) is -0.303. The number of esters is 1. The van der Waals surface area contributed by atoms with Crippen LogP contribution in [0.15, 0.2) is 22.7 Å². The number of halogens is 1. The van der Waals surface area contributed by atoms with Gasteiger partial charge in [0.15, 0.2) is 0 Å². The van der Waals surface area contributed by atoms with Gasteiger partial charge in [-0.25, -0.2) is 4.79 Å². The fourth-order valence-electron chi connectivity index (χ4n) is 2.08. The molecule has 1 heterocycles. The van der Waals surface area contributed by atoms with E-state index in [4.69, 9.17) is 9.47 Å². The van der Waals surface area contributed by atoms with Gasteiger partial charge in [-0.15, -0.1) is 0 Å². The van der Waals surface area contributed by atoms with E-state index < -0.39 is 10.9 Å². The van der Waals surface area contributed by atoms with Crippen LogP contribution in [0.2, 0.25) is 0 Å². The van der Waals surface area contributed by atoms with Gasteiger partial charge in [-0.1, -0.05) is 15.9 Å². The molecule has 0 bridgehead atoms. The van der Waals surface area contributed by atoms with Crippen molar-refractivity contribution in [1.82, 2.24) is 0 Å². The van der Waals surface area contributed by atoms with Crippen LogP contribution in [0, 0.1) is 16.0 Å². The highest BCUT2D eigenvalue weighted by Gasteiger charge is 2.28. The van der Waals surface area contributed by atoms with Gasteiger partial charge in [0.1, 0.15) is 11.7 Å². The number of carbonyl (C=O) groups is 1. The molecule has 2 rings (SSSR count). The van der Waals surface area contributed by atoms with Crippen LogP contribution in [0.5, 0.6) is 0 Å². The molecule has 0 saturated carbocycles. The summed E-state index contributed by atoms with van der Waals surface area (Å²) in [5, 5.41) is 11.0. The van der Waals surface area contributed by atoms with E-state index in [0.29, 0.717) is 17.7 Å². The third-order valence-electron chi connectivity index (χ3n) is 3.30. The number of hydrogen-bond donors (Lipinski definition) is 0. The molecule has 1 fully saturated rings. The number of hydrogen-bond acceptors (Lipinski definition) is 5. The van der Waals surface area contributed by atoms with E-state index in [1.807, 2.05) is 0 Å². The zero-order valence-corrected chi connectivity index (χ0v) is 12.5. The van der Waals surface area contributed by atoms with Crippen LogP contribution in [0.3, 0.4) is 0 Å². The SMILES string of the molecule is C[C@H](OC(=O)c1ccc(Br)cc1[N+](=O)[O-])[C@H]1CCOC1. The zero-order chi connectivity index (χ0) is 14.7. The van der Waals surface area contributed by atoms with E-state index in [1.165, 1.54) is 12.1 Å². The Morgan fingerprint density at radius 2 is 2.35 bits per heavy atom. The first-order chi connectivity index (χ1) is 9.49. The van der Waals surface area contributed by atoms with Crippen molar-refractivity contribution < 1.29 is 19.2 Å². The summed E-state index contributed by atoms with van der Waals surface area (Å²) in [6, 6.07) is 4.26. The van der Waals surface area contributed by atoms with Crippen molar-refractivity contribution in [2.45, 2.75) is 19.4 Å². The number of carbonyl (C=O) groups excluding carboxylic acids is 1. The molecule has 108 valence electrons. The molecule has 20 heavy (non-hydrogen) atoms. The number of nitrogens with zero attached hydrogens (tertiary/aromatic N) is 1. The second kappa shape index (κ2) is 6.32. The van der Waals surface area contributed by atoms with E-state index in [2.05, 4.69) is 15.9 Å². The molecular formula is C13H14BrNO5. The zero-order valence-electron chi connectivity index (χ0n) is 10.9. The fourth-order valence-corrected chi connectivity index (χ4v) is 2.43. The standard InChI is InChI=1S/C13H14BrNO5/c1-8(9-4-5-19-7-9)20-13(16)11-3-2-10(14)6-12(11)15(17)18/h2-3,6,8-9H,4-5,7H2,1H3/t8-,9-/m0/s1. The average molecular weight is 344 g/mol. The van der Waals surface area contributed by atoms with Crippen molar-refractivity contribution in [3.63, 3.8) is 0 Å². The van der Waals surface area contributed by atoms with Crippen LogP contribution in [0.25, 0.3) is 0 Å². The van der Waals surface area contributed by atoms with Crippen molar-refractivity contribution in [2.24, 2.45) is 5.92 Å². The largest absolute Gasteiger partial charge is 0.459 e. The predicted molar refractivity (Wildman–Crippen MR) is 74.6 cm³/mol. The summed E-state index contributed by atoms with van der Waals surface area (Å²) < 4.78 is 11.1. The highest BCUT2D eigenvalue weighted by molar-refractivity contribution is 9.10. The monoisotopic (exact) mass is 343 g/mol. The number of rotatable bonds is 4. The van der Waals surface area contributed by atoms with Gasteiger partial charge >= 0.3 is 5.97 Å². The van der Waals surface area contributed by atoms with Crippen molar-refractivity contribution in [3.8, 4) is 0 Å². The maximum absolute atomic E-state index is 12.1. The molecule has 0 N–H and O–H groups in total. The van der Waals surface area contributed by atoms with Gasteiger partial charge in [0.25, 0.3) is 5.69 Å². The third kappa shape index (κ3) is 3.34. The minimum atomic E-state index is -0.677. The lowest BCUT2D eigenvalue weighted by molar-refractivity contribution is -0.385. The van der Waals surface area contributed by atoms with Gasteiger partial charge < -0.3 is 9.47 Å². The molecule has 1 saturated heterocycles. The van der Waals surface area contributed by atoms with Gasteiger partial charge in [0, 0.05) is 23.1 Å². The van der Waals surface area contributed by atoms with Crippen LogP contribution in [0.4, 0.5) is 5.69 Å². The molecule has 0 amide bonds. The average Bonchev–Trinajstić information content (AvgIpc) is 2.92. The molecule has 0 radical (unpaired) electrons. The van der Waals surface area contributed by atoms with E-state index in [0.717, 1.165) is 6.42 Å². The maximum atomic E-state index is 12.1. The van der Waals surface area contributed by atoms with Crippen molar-refractivity contribution >= 4 is 27.6 Å². The molecular weight excluding hydrogens is 330 g/mol. The summed E-state index contributed by atoms with van der Waals surface area (Å²) in [4.78, 5) is 22.5. The highest BCUT2D eigenvalue weighted by atomic mass is 79.9. The Bertz CT molecular complexity index is 527. The quantitative estimate of drug-likeness (QED) is 0.477. The molecule has 6 nitrogen and oxygen atoms in total. The van der Waals surface area contributed by atoms with Crippen molar-refractivity contribution in [3.05, 3.63) is 38.3 Å². The van der Waals surface area contributed by atoms with Gasteiger partial charge in [0.2, 0.25) is 0 Å². The second-order valence-corrected chi connectivity index (χ2v) is 5.57. The lowest BCUT2D eigenvalue weighted by Crippen LogP contribution is -2.24. The molecule has 1 aromatic carbocycles. The molecule has 0 spiro atoms. The summed E-state index contributed by atoms with van der Waals surface area (Å²) >= 11 is 3.15. The van der Waals surface area contributed by atoms with Crippen LogP contribution in [-0.2, 0) is 9.47 Å². The number of nitro benzene ring substituents is 1. The second-order valence-electron chi connectivity index (χ2n) is 4.65. The minimum Gasteiger partial charge on any atom is -0.459 e. The Hall–Kier alpha value is -1.47. The highest BCUT2D eigenvalue weighted by Crippen LogP contribution is 2.26. The lowest BCUT2D eigenvalue weighted by Gasteiger charge is -2.18. The molecule has 1 aliphatic heterocycles. The Labute approximate surface area is 124 Å². The first-order valence-electron chi connectivity index (χ1n) is 6.21. The number of benzene rings is 1. The first-order valence-corrected chi connectivity index (χ1v) is 7.01. The summed E-state index contributed by atoms with van der Waals surface area (Å²) in [6.07, 6.45) is 0.505. The normalized spacial score (nSPS) is 19.6. The van der Waals surface area contributed by atoms with Crippen LogP contribution >= 0.6 is 15.9 Å². The Kier molecular flexibility index (Phi) is 4.72. The molecule has 1 aromatic rings. The summed E-state index contributed by atoms with van der Waals surface area (Å²) in [5.74, 6) is -0.531. The van der Waals surface area contributed by atoms with Crippen molar-refractivity contribution in [1.29, 1.82) is 0 Å². The predicted octanol–water partition coefficient (Wildman–Crippen LogP) is 2.94. The number of ether oxygens (including phenoxy) is 2. The minimum absolute atomic E-state index is 0.0380. The van der Waals surface area contributed by atoms with E-state index >= 15 is 0 Å². The third-order valence-corrected chi connectivity index (χ3v) is 3.79. The topological polar surface area (TPSA) is 78.7 Å². The van der Waals surface area contributed by atoms with E-state index in [9.17, 15) is 14.9 Å². The van der Waals surface area contributed by atoms with E-state index in [1.54, 1.807) is 13.0 Å². The van der Waals surface area contributed by atoms with Crippen LogP contribution < -0.4 is 0 Å². The van der Waals surface area contributed by atoms with Crippen LogP contribution in [0.1, 0.15) is 23.7 Å². The smallest absolute Gasteiger partial charge is 0.345 e. The van der Waals surface area contributed by atoms with Gasteiger partial charge in [-0.2, -0.15) is 0 Å². The summed E-state index contributed by atoms with van der Waals surface area (Å²) in [6.45, 7) is 2.99. The first kappa shape index (κ1) is 14.9. The summed E-state index contributed by atoms with van der Waals surface area (Å²) in [7, 11) is 0. The molecule has 7 heteroatoms. The molecule has 2 atom stereocenters. The lowest BCUT2D eigenvalue weighted by atomic mass is 10.0. The van der Waals surface area contributed by atoms with E-state index in [-0.39, 0.29) is 23.3 Å². The Morgan fingerprint density at radius 1 is 1.60 bits per heavy atom. The van der Waals surface area contributed by atoms with Crippen molar-refractivity contribution in [2.75, 3.05) is 13.2 Å². The fraction of sp³-hybridized carbons (Fsp3) is 0.462. The molecule has 0 aromatic heterocycles. The Balaban J connectivity index is 2.14. The molecule has 0 aliphatic carbocycles. The van der Waals surface area contributed by atoms with Crippen LogP contribution in [-0.4, -0.2) is 30.2 Å². The molecule has 0 unspecified atom stereocenters. The van der Waals surface area contributed by atoms with Gasteiger partial charge in [-0.05, 0) is 25.5 Å². The maximum Gasteiger partial charge on any atom is 0.345 e.